The standard InChI is InChI=1S/C22H20F2N4O/c1-15-2-4-16(5-3-15)20-8-9-21(26-25-20)27-10-12-28(13-11-27)22(29)17-6-7-18(23)19(24)14-17/h2-9,14H,10-13H2,1H3. The van der Waals surface area contributed by atoms with Gasteiger partial charge in [-0.25, -0.2) is 8.78 Å². The molecule has 1 fully saturated rings. The SMILES string of the molecule is Cc1ccc(-c2ccc(N3CCN(C(=O)c4ccc(F)c(F)c4)CC3)nn2)cc1. The molecule has 1 aliphatic heterocycles. The average molecular weight is 394 g/mol. The van der Waals surface area contributed by atoms with Crippen LogP contribution in [0.3, 0.4) is 0 Å². The Bertz CT molecular complexity index is 1010. The zero-order valence-corrected chi connectivity index (χ0v) is 16.0. The van der Waals surface area contributed by atoms with Crippen LogP contribution >= 0.6 is 0 Å². The Balaban J connectivity index is 1.39. The van der Waals surface area contributed by atoms with Crippen LogP contribution in [0.1, 0.15) is 15.9 Å². The quantitative estimate of drug-likeness (QED) is 0.680. The van der Waals surface area contributed by atoms with Gasteiger partial charge in [0.2, 0.25) is 0 Å². The number of rotatable bonds is 3. The highest BCUT2D eigenvalue weighted by Crippen LogP contribution is 2.20. The van der Waals surface area contributed by atoms with Crippen LogP contribution in [0, 0.1) is 18.6 Å². The lowest BCUT2D eigenvalue weighted by molar-refractivity contribution is 0.0746. The van der Waals surface area contributed by atoms with Crippen LogP contribution in [-0.4, -0.2) is 47.2 Å². The maximum atomic E-state index is 13.4. The van der Waals surface area contributed by atoms with E-state index < -0.39 is 11.6 Å². The van der Waals surface area contributed by atoms with Crippen molar-refractivity contribution < 1.29 is 13.6 Å². The molecular weight excluding hydrogens is 374 g/mol. The maximum Gasteiger partial charge on any atom is 0.254 e. The third-order valence-corrected chi connectivity index (χ3v) is 5.06. The Morgan fingerprint density at radius 1 is 0.862 bits per heavy atom. The Labute approximate surface area is 167 Å². The van der Waals surface area contributed by atoms with Crippen molar-refractivity contribution in [3.05, 3.63) is 77.4 Å². The Hall–Kier alpha value is -3.35. The smallest absolute Gasteiger partial charge is 0.254 e. The van der Waals surface area contributed by atoms with Gasteiger partial charge in [0.05, 0.1) is 5.69 Å². The summed E-state index contributed by atoms with van der Waals surface area (Å²) in [6.45, 7) is 4.16. The molecule has 1 saturated heterocycles. The van der Waals surface area contributed by atoms with E-state index in [2.05, 4.69) is 15.1 Å². The Morgan fingerprint density at radius 2 is 1.59 bits per heavy atom. The second-order valence-corrected chi connectivity index (χ2v) is 7.05. The molecule has 0 atom stereocenters. The molecule has 29 heavy (non-hydrogen) atoms. The first kappa shape index (κ1) is 19.0. The molecule has 2 aromatic carbocycles. The van der Waals surface area contributed by atoms with Gasteiger partial charge in [-0.05, 0) is 37.3 Å². The van der Waals surface area contributed by atoms with Crippen LogP contribution in [0.15, 0.2) is 54.6 Å². The first-order valence-corrected chi connectivity index (χ1v) is 9.41. The van der Waals surface area contributed by atoms with E-state index in [1.54, 1.807) is 4.90 Å². The number of benzene rings is 2. The van der Waals surface area contributed by atoms with Gasteiger partial charge >= 0.3 is 0 Å². The largest absolute Gasteiger partial charge is 0.352 e. The fraction of sp³-hybridized carbons (Fsp3) is 0.227. The van der Waals surface area contributed by atoms with Crippen LogP contribution in [0.4, 0.5) is 14.6 Å². The fourth-order valence-corrected chi connectivity index (χ4v) is 3.32. The molecule has 0 N–H and O–H groups in total. The number of hydrogen-bond donors (Lipinski definition) is 0. The second kappa shape index (κ2) is 7.95. The minimum absolute atomic E-state index is 0.152. The number of carbonyl (C=O) groups is 1. The van der Waals surface area contributed by atoms with Gasteiger partial charge in [0, 0.05) is 37.3 Å². The van der Waals surface area contributed by atoms with E-state index in [-0.39, 0.29) is 11.5 Å². The van der Waals surface area contributed by atoms with Crippen LogP contribution in [-0.2, 0) is 0 Å². The summed E-state index contributed by atoms with van der Waals surface area (Å²) in [4.78, 5) is 16.2. The minimum atomic E-state index is -1.02. The monoisotopic (exact) mass is 394 g/mol. The highest BCUT2D eigenvalue weighted by molar-refractivity contribution is 5.94. The van der Waals surface area contributed by atoms with Gasteiger partial charge in [-0.2, -0.15) is 0 Å². The third-order valence-electron chi connectivity index (χ3n) is 5.06. The molecule has 148 valence electrons. The molecule has 1 amide bonds. The van der Waals surface area contributed by atoms with Crippen molar-refractivity contribution in [3.8, 4) is 11.3 Å². The molecule has 7 heteroatoms. The fourth-order valence-electron chi connectivity index (χ4n) is 3.32. The number of anilines is 1. The van der Waals surface area contributed by atoms with Crippen molar-refractivity contribution in [3.63, 3.8) is 0 Å². The lowest BCUT2D eigenvalue weighted by atomic mass is 10.1. The highest BCUT2D eigenvalue weighted by atomic mass is 19.2. The zero-order valence-electron chi connectivity index (χ0n) is 16.0. The predicted octanol–water partition coefficient (Wildman–Crippen LogP) is 3.69. The first-order chi connectivity index (χ1) is 14.0. The number of hydrogen-bond acceptors (Lipinski definition) is 4. The third kappa shape index (κ3) is 4.08. The molecule has 0 radical (unpaired) electrons. The number of amides is 1. The number of aryl methyl sites for hydroxylation is 1. The van der Waals surface area contributed by atoms with Crippen LogP contribution in [0.5, 0.6) is 0 Å². The van der Waals surface area contributed by atoms with Crippen molar-refractivity contribution in [2.45, 2.75) is 6.92 Å². The topological polar surface area (TPSA) is 49.3 Å². The zero-order chi connectivity index (χ0) is 20.4. The van der Waals surface area contributed by atoms with Gasteiger partial charge in [0.1, 0.15) is 0 Å². The molecular formula is C22H20F2N4O. The van der Waals surface area contributed by atoms with Gasteiger partial charge in [0.15, 0.2) is 17.5 Å². The second-order valence-electron chi connectivity index (χ2n) is 7.05. The maximum absolute atomic E-state index is 13.4. The summed E-state index contributed by atoms with van der Waals surface area (Å²) >= 11 is 0. The number of carbonyl (C=O) groups excluding carboxylic acids is 1. The summed E-state index contributed by atoms with van der Waals surface area (Å²) in [5, 5.41) is 8.66. The molecule has 5 nitrogen and oxygen atoms in total. The van der Waals surface area contributed by atoms with Crippen molar-refractivity contribution in [1.29, 1.82) is 0 Å². The molecule has 0 aliphatic carbocycles. The van der Waals surface area contributed by atoms with Crippen LogP contribution in [0.2, 0.25) is 0 Å². The van der Waals surface area contributed by atoms with Crippen LogP contribution < -0.4 is 4.90 Å². The van der Waals surface area contributed by atoms with E-state index in [1.807, 2.05) is 43.3 Å². The van der Waals surface area contributed by atoms with E-state index in [0.29, 0.717) is 26.2 Å². The number of nitrogens with zero attached hydrogens (tertiary/aromatic N) is 4. The van der Waals surface area contributed by atoms with Gasteiger partial charge in [-0.1, -0.05) is 29.8 Å². The molecule has 1 aliphatic rings. The number of aromatic nitrogens is 2. The summed E-state index contributed by atoms with van der Waals surface area (Å²) < 4.78 is 26.5. The van der Waals surface area contributed by atoms with Gasteiger partial charge < -0.3 is 9.80 Å². The van der Waals surface area contributed by atoms with Crippen molar-refractivity contribution >= 4 is 11.7 Å². The minimum Gasteiger partial charge on any atom is -0.352 e. The van der Waals surface area contributed by atoms with Gasteiger partial charge in [0.25, 0.3) is 5.91 Å². The van der Waals surface area contributed by atoms with Crippen molar-refractivity contribution in [2.24, 2.45) is 0 Å². The van der Waals surface area contributed by atoms with Gasteiger partial charge in [-0.15, -0.1) is 10.2 Å². The molecule has 0 saturated carbocycles. The average Bonchev–Trinajstić information content (AvgIpc) is 2.76. The van der Waals surface area contributed by atoms with Crippen molar-refractivity contribution in [2.75, 3.05) is 31.1 Å². The Kier molecular flexibility index (Phi) is 5.20. The summed E-state index contributed by atoms with van der Waals surface area (Å²) in [6.07, 6.45) is 0. The van der Waals surface area contributed by atoms with E-state index in [1.165, 1.54) is 11.6 Å². The highest BCUT2D eigenvalue weighted by Gasteiger charge is 2.23. The number of piperazine rings is 1. The first-order valence-electron chi connectivity index (χ1n) is 9.41. The van der Waals surface area contributed by atoms with Crippen molar-refractivity contribution in [1.82, 2.24) is 15.1 Å². The van der Waals surface area contributed by atoms with E-state index in [0.717, 1.165) is 29.2 Å². The van der Waals surface area contributed by atoms with Crippen LogP contribution in [0.25, 0.3) is 11.3 Å². The van der Waals surface area contributed by atoms with E-state index in [9.17, 15) is 13.6 Å². The molecule has 1 aromatic heterocycles. The summed E-state index contributed by atoms with van der Waals surface area (Å²) in [6, 6.07) is 15.2. The lowest BCUT2D eigenvalue weighted by Gasteiger charge is -2.35. The molecule has 0 spiro atoms. The molecule has 0 bridgehead atoms. The molecule has 0 unspecified atom stereocenters. The van der Waals surface area contributed by atoms with Gasteiger partial charge in [-0.3, -0.25) is 4.79 Å². The molecule has 3 aromatic rings. The summed E-state index contributed by atoms with van der Waals surface area (Å²) in [7, 11) is 0. The Morgan fingerprint density at radius 3 is 2.21 bits per heavy atom. The number of halogens is 2. The summed E-state index contributed by atoms with van der Waals surface area (Å²) in [5.41, 5.74) is 3.16. The molecule has 4 rings (SSSR count). The normalized spacial score (nSPS) is 14.2. The lowest BCUT2D eigenvalue weighted by Crippen LogP contribution is -2.49. The van der Waals surface area contributed by atoms with E-state index in [4.69, 9.17) is 0 Å². The molecule has 2 heterocycles. The predicted molar refractivity (Wildman–Crippen MR) is 107 cm³/mol. The summed E-state index contributed by atoms with van der Waals surface area (Å²) in [5.74, 6) is -1.53. The van der Waals surface area contributed by atoms with E-state index >= 15 is 0 Å².